The van der Waals surface area contributed by atoms with E-state index in [9.17, 15) is 5.11 Å². The Morgan fingerprint density at radius 3 is 2.84 bits per heavy atom. The Balaban J connectivity index is 1.86. The third-order valence-corrected chi connectivity index (χ3v) is 4.74. The van der Waals surface area contributed by atoms with Crippen molar-refractivity contribution >= 4 is 38.6 Å². The van der Waals surface area contributed by atoms with E-state index in [1.54, 1.807) is 35.4 Å². The summed E-state index contributed by atoms with van der Waals surface area (Å²) in [6.07, 6.45) is 4.69. The molecule has 25 heavy (non-hydrogen) atoms. The molecule has 0 atom stereocenters. The Bertz CT molecular complexity index is 898. The average molecular weight is 421 g/mol. The van der Waals surface area contributed by atoms with Gasteiger partial charge < -0.3 is 5.11 Å². The standard InChI is InChI=1S/C16H17BrN6OS/c1-16(2,3)13-14(23-9-18-8-20-23)25-15(21-13)22-19-7-10-6-11(17)4-5-12(10)24/h4-9,24H,1-3H3,(H,21,22)/b19-7+. The molecule has 0 saturated carbocycles. The van der Waals surface area contributed by atoms with Gasteiger partial charge in [-0.1, -0.05) is 48.0 Å². The smallest absolute Gasteiger partial charge is 0.205 e. The minimum absolute atomic E-state index is 0.149. The zero-order chi connectivity index (χ0) is 18.0. The number of hydrogen-bond acceptors (Lipinski definition) is 7. The largest absolute Gasteiger partial charge is 0.507 e. The van der Waals surface area contributed by atoms with Crippen LogP contribution in [0.3, 0.4) is 0 Å². The molecule has 2 N–H and O–H groups in total. The Morgan fingerprint density at radius 2 is 2.16 bits per heavy atom. The van der Waals surface area contributed by atoms with Crippen LogP contribution < -0.4 is 5.43 Å². The highest BCUT2D eigenvalue weighted by molar-refractivity contribution is 9.10. The van der Waals surface area contributed by atoms with Crippen molar-refractivity contribution in [1.82, 2.24) is 19.7 Å². The molecule has 7 nitrogen and oxygen atoms in total. The molecule has 130 valence electrons. The number of phenols is 1. The fraction of sp³-hybridized carbons (Fsp3) is 0.250. The van der Waals surface area contributed by atoms with Crippen molar-refractivity contribution in [3.63, 3.8) is 0 Å². The van der Waals surface area contributed by atoms with Crippen LogP contribution in [0.1, 0.15) is 32.0 Å². The summed E-state index contributed by atoms with van der Waals surface area (Å²) in [6, 6.07) is 5.15. The highest BCUT2D eigenvalue weighted by atomic mass is 79.9. The van der Waals surface area contributed by atoms with Crippen molar-refractivity contribution in [2.24, 2.45) is 5.10 Å². The minimum atomic E-state index is -0.149. The summed E-state index contributed by atoms with van der Waals surface area (Å²) in [6.45, 7) is 6.28. The van der Waals surface area contributed by atoms with Crippen LogP contribution in [0.2, 0.25) is 0 Å². The van der Waals surface area contributed by atoms with Gasteiger partial charge >= 0.3 is 0 Å². The van der Waals surface area contributed by atoms with Gasteiger partial charge in [-0.15, -0.1) is 0 Å². The zero-order valence-electron chi connectivity index (χ0n) is 13.9. The molecule has 0 aliphatic carbocycles. The number of halogens is 1. The zero-order valence-corrected chi connectivity index (χ0v) is 16.3. The van der Waals surface area contributed by atoms with Gasteiger partial charge in [-0.2, -0.15) is 10.2 Å². The molecule has 0 aliphatic rings. The lowest BCUT2D eigenvalue weighted by Gasteiger charge is -2.16. The maximum Gasteiger partial charge on any atom is 0.205 e. The predicted octanol–water partition coefficient (Wildman–Crippen LogP) is 3.94. The summed E-state index contributed by atoms with van der Waals surface area (Å²) in [5.41, 5.74) is 4.29. The maximum absolute atomic E-state index is 9.84. The number of anilines is 1. The lowest BCUT2D eigenvalue weighted by molar-refractivity contribution is 0.474. The van der Waals surface area contributed by atoms with Gasteiger partial charge in [0.1, 0.15) is 23.4 Å². The van der Waals surface area contributed by atoms with E-state index in [2.05, 4.69) is 62.3 Å². The van der Waals surface area contributed by atoms with E-state index in [1.807, 2.05) is 0 Å². The van der Waals surface area contributed by atoms with Crippen LogP contribution in [0.15, 0.2) is 40.4 Å². The maximum atomic E-state index is 9.84. The molecular formula is C16H17BrN6OS. The van der Waals surface area contributed by atoms with Gasteiger partial charge in [-0.25, -0.2) is 14.6 Å². The Morgan fingerprint density at radius 1 is 1.36 bits per heavy atom. The van der Waals surface area contributed by atoms with Gasteiger partial charge in [0.25, 0.3) is 0 Å². The molecule has 0 aliphatic heterocycles. The number of nitrogens with one attached hydrogen (secondary N) is 1. The molecule has 9 heteroatoms. The lowest BCUT2D eigenvalue weighted by atomic mass is 9.92. The average Bonchev–Trinajstić information content (AvgIpc) is 3.19. The molecule has 2 aromatic heterocycles. The van der Waals surface area contributed by atoms with E-state index < -0.39 is 0 Å². The highest BCUT2D eigenvalue weighted by Gasteiger charge is 2.24. The molecule has 0 fully saturated rings. The van der Waals surface area contributed by atoms with E-state index in [0.29, 0.717) is 10.7 Å². The fourth-order valence-corrected chi connectivity index (χ4v) is 3.54. The van der Waals surface area contributed by atoms with Gasteiger partial charge in [0.05, 0.1) is 11.9 Å². The van der Waals surface area contributed by atoms with Crippen molar-refractivity contribution in [3.8, 4) is 10.8 Å². The summed E-state index contributed by atoms with van der Waals surface area (Å²) < 4.78 is 2.57. The second-order valence-electron chi connectivity index (χ2n) is 6.34. The first-order valence-corrected chi connectivity index (χ1v) is 9.09. The van der Waals surface area contributed by atoms with E-state index in [4.69, 9.17) is 0 Å². The molecule has 0 unspecified atom stereocenters. The first-order valence-electron chi connectivity index (χ1n) is 7.48. The van der Waals surface area contributed by atoms with Gasteiger partial charge in [-0.05, 0) is 18.2 Å². The number of benzene rings is 1. The van der Waals surface area contributed by atoms with Crippen LogP contribution >= 0.6 is 27.3 Å². The first-order chi connectivity index (χ1) is 11.8. The number of aromatic hydroxyl groups is 1. The summed E-state index contributed by atoms with van der Waals surface area (Å²) in [5.74, 6) is 0.159. The van der Waals surface area contributed by atoms with Gasteiger partial charge in [0.2, 0.25) is 5.13 Å². The predicted molar refractivity (Wildman–Crippen MR) is 103 cm³/mol. The molecule has 0 amide bonds. The van der Waals surface area contributed by atoms with E-state index in [1.165, 1.54) is 17.7 Å². The Hall–Kier alpha value is -2.26. The molecule has 0 spiro atoms. The summed E-state index contributed by atoms with van der Waals surface area (Å²) in [5, 5.41) is 19.7. The van der Waals surface area contributed by atoms with Gasteiger partial charge in [0.15, 0.2) is 0 Å². The molecule has 3 aromatic rings. The van der Waals surface area contributed by atoms with E-state index in [0.717, 1.165) is 15.2 Å². The third kappa shape index (κ3) is 4.05. The monoisotopic (exact) mass is 420 g/mol. The number of thiazole rings is 1. The second-order valence-corrected chi connectivity index (χ2v) is 8.23. The van der Waals surface area contributed by atoms with Crippen LogP contribution in [-0.4, -0.2) is 31.1 Å². The van der Waals surface area contributed by atoms with Crippen LogP contribution in [0.25, 0.3) is 5.00 Å². The first kappa shape index (κ1) is 17.6. The molecule has 3 rings (SSSR count). The van der Waals surface area contributed by atoms with Crippen molar-refractivity contribution in [2.75, 3.05) is 5.43 Å². The number of nitrogens with zero attached hydrogens (tertiary/aromatic N) is 5. The number of phenolic OH excluding ortho intramolecular Hbond substituents is 1. The normalized spacial score (nSPS) is 12.0. The molecule has 1 aromatic carbocycles. The number of hydrazone groups is 1. The second kappa shape index (κ2) is 6.93. The lowest BCUT2D eigenvalue weighted by Crippen LogP contribution is -2.15. The van der Waals surface area contributed by atoms with Gasteiger partial charge in [-0.3, -0.25) is 5.43 Å². The topological polar surface area (TPSA) is 88.2 Å². The van der Waals surface area contributed by atoms with Gasteiger partial charge in [0, 0.05) is 15.5 Å². The third-order valence-electron chi connectivity index (χ3n) is 3.30. The SMILES string of the molecule is CC(C)(C)c1nc(N/N=C/c2cc(Br)ccc2O)sc1-n1cncn1. The van der Waals surface area contributed by atoms with Crippen molar-refractivity contribution < 1.29 is 5.11 Å². The van der Waals surface area contributed by atoms with Crippen LogP contribution in [-0.2, 0) is 5.41 Å². The summed E-state index contributed by atoms with van der Waals surface area (Å²) in [7, 11) is 0. The molecule has 0 bridgehead atoms. The summed E-state index contributed by atoms with van der Waals surface area (Å²) >= 11 is 4.81. The van der Waals surface area contributed by atoms with Crippen molar-refractivity contribution in [3.05, 3.63) is 46.6 Å². The number of hydrogen-bond donors (Lipinski definition) is 2. The number of rotatable bonds is 4. The molecule has 0 saturated heterocycles. The minimum Gasteiger partial charge on any atom is -0.507 e. The van der Waals surface area contributed by atoms with E-state index >= 15 is 0 Å². The quantitative estimate of drug-likeness (QED) is 0.492. The molecular weight excluding hydrogens is 404 g/mol. The number of aromatic nitrogens is 4. The van der Waals surface area contributed by atoms with Crippen molar-refractivity contribution in [2.45, 2.75) is 26.2 Å². The summed E-state index contributed by atoms with van der Waals surface area (Å²) in [4.78, 5) is 8.64. The Labute approximate surface area is 157 Å². The van der Waals surface area contributed by atoms with Crippen LogP contribution in [0, 0.1) is 0 Å². The molecule has 0 radical (unpaired) electrons. The van der Waals surface area contributed by atoms with Crippen LogP contribution in [0.4, 0.5) is 5.13 Å². The Kier molecular flexibility index (Phi) is 4.87. The highest BCUT2D eigenvalue weighted by Crippen LogP contribution is 2.34. The fourth-order valence-electron chi connectivity index (χ4n) is 2.10. The van der Waals surface area contributed by atoms with E-state index in [-0.39, 0.29) is 11.2 Å². The molecule has 2 heterocycles. The van der Waals surface area contributed by atoms with Crippen molar-refractivity contribution in [1.29, 1.82) is 0 Å². The van der Waals surface area contributed by atoms with Crippen LogP contribution in [0.5, 0.6) is 5.75 Å².